The molecule has 0 fully saturated rings. The van der Waals surface area contributed by atoms with Gasteiger partial charge >= 0.3 is 0 Å². The molecule has 3 rings (SSSR count). The van der Waals surface area contributed by atoms with E-state index in [1.54, 1.807) is 19.6 Å². The van der Waals surface area contributed by atoms with Gasteiger partial charge < -0.3 is 9.30 Å². The van der Waals surface area contributed by atoms with E-state index in [0.717, 1.165) is 23.3 Å². The van der Waals surface area contributed by atoms with E-state index in [-0.39, 0.29) is 11.9 Å². The maximum Gasteiger partial charge on any atom is 0.123 e. The topological polar surface area (TPSA) is 27.1 Å². The smallest absolute Gasteiger partial charge is 0.123 e. The van der Waals surface area contributed by atoms with Crippen molar-refractivity contribution in [2.24, 2.45) is 0 Å². The number of nitrogens with zero attached hydrogens (tertiary/aromatic N) is 2. The van der Waals surface area contributed by atoms with E-state index in [9.17, 15) is 4.39 Å². The van der Waals surface area contributed by atoms with Crippen LogP contribution in [0, 0.1) is 5.82 Å². The predicted octanol–water partition coefficient (Wildman–Crippen LogP) is 3.86. The Kier molecular flexibility index (Phi) is 4.19. The number of aromatic nitrogens is 2. The van der Waals surface area contributed by atoms with Gasteiger partial charge in [-0.05, 0) is 41.8 Å². The molecule has 0 N–H and O–H groups in total. The van der Waals surface area contributed by atoms with Gasteiger partial charge in [0.15, 0.2) is 0 Å². The zero-order valence-electron chi connectivity index (χ0n) is 12.3. The van der Waals surface area contributed by atoms with E-state index in [0.29, 0.717) is 0 Å². The molecule has 1 aromatic heterocycles. The lowest BCUT2D eigenvalue weighted by Gasteiger charge is -2.19. The Morgan fingerprint density at radius 3 is 2.41 bits per heavy atom. The van der Waals surface area contributed by atoms with Gasteiger partial charge in [0.05, 0.1) is 19.5 Å². The molecule has 0 aliphatic carbocycles. The lowest BCUT2D eigenvalue weighted by Crippen LogP contribution is -2.12. The van der Waals surface area contributed by atoms with Crippen LogP contribution in [-0.4, -0.2) is 16.7 Å². The van der Waals surface area contributed by atoms with Crippen molar-refractivity contribution in [2.75, 3.05) is 7.11 Å². The molecule has 0 radical (unpaired) electrons. The first-order valence-corrected chi connectivity index (χ1v) is 7.12. The van der Waals surface area contributed by atoms with Gasteiger partial charge in [-0.3, -0.25) is 0 Å². The van der Waals surface area contributed by atoms with Crippen LogP contribution in [0.15, 0.2) is 67.3 Å². The molecule has 3 aromatic rings. The standard InChI is InChI=1S/C18H17FN2O/c1-22-17-8-4-15(5-9-17)18(21-11-10-20-13-21)12-14-2-6-16(19)7-3-14/h2-11,13,18H,12H2,1H3/t18-/m0/s1. The number of hydrogen-bond donors (Lipinski definition) is 0. The van der Waals surface area contributed by atoms with Gasteiger partial charge in [0.2, 0.25) is 0 Å². The summed E-state index contributed by atoms with van der Waals surface area (Å²) in [6.45, 7) is 0. The molecule has 0 aliphatic rings. The van der Waals surface area contributed by atoms with Crippen molar-refractivity contribution in [3.05, 3.63) is 84.2 Å². The Morgan fingerprint density at radius 1 is 1.09 bits per heavy atom. The summed E-state index contributed by atoms with van der Waals surface area (Å²) in [7, 11) is 1.65. The molecule has 2 aromatic carbocycles. The van der Waals surface area contributed by atoms with Gasteiger partial charge in [-0.15, -0.1) is 0 Å². The van der Waals surface area contributed by atoms with E-state index < -0.39 is 0 Å². The van der Waals surface area contributed by atoms with Crippen LogP contribution in [0.5, 0.6) is 5.75 Å². The van der Waals surface area contributed by atoms with Crippen LogP contribution < -0.4 is 4.74 Å². The van der Waals surface area contributed by atoms with Crippen molar-refractivity contribution in [3.8, 4) is 5.75 Å². The van der Waals surface area contributed by atoms with Crippen LogP contribution in [0.1, 0.15) is 17.2 Å². The molecule has 0 spiro atoms. The van der Waals surface area contributed by atoms with E-state index in [1.807, 2.05) is 42.6 Å². The Labute approximate surface area is 129 Å². The zero-order valence-corrected chi connectivity index (χ0v) is 12.3. The maximum absolute atomic E-state index is 13.1. The van der Waals surface area contributed by atoms with Gasteiger partial charge in [0, 0.05) is 12.4 Å². The molecule has 4 heteroatoms. The highest BCUT2D eigenvalue weighted by Crippen LogP contribution is 2.25. The number of halogens is 1. The van der Waals surface area contributed by atoms with Crippen LogP contribution in [0.25, 0.3) is 0 Å². The predicted molar refractivity (Wildman–Crippen MR) is 83.5 cm³/mol. The molecule has 22 heavy (non-hydrogen) atoms. The van der Waals surface area contributed by atoms with E-state index in [2.05, 4.69) is 9.55 Å². The highest BCUT2D eigenvalue weighted by Gasteiger charge is 2.14. The first kappa shape index (κ1) is 14.3. The Bertz CT molecular complexity index is 706. The normalized spacial score (nSPS) is 12.1. The van der Waals surface area contributed by atoms with E-state index in [1.165, 1.54) is 12.1 Å². The highest BCUT2D eigenvalue weighted by molar-refractivity contribution is 5.31. The molecule has 112 valence electrons. The lowest BCUT2D eigenvalue weighted by molar-refractivity contribution is 0.414. The Hall–Kier alpha value is -2.62. The second-order valence-electron chi connectivity index (χ2n) is 5.13. The summed E-state index contributed by atoms with van der Waals surface area (Å²) in [5, 5.41) is 0. The third-order valence-electron chi connectivity index (χ3n) is 3.73. The van der Waals surface area contributed by atoms with Crippen LogP contribution in [0.4, 0.5) is 4.39 Å². The van der Waals surface area contributed by atoms with Crippen molar-refractivity contribution >= 4 is 0 Å². The molecule has 0 amide bonds. The average Bonchev–Trinajstić information content (AvgIpc) is 3.09. The minimum absolute atomic E-state index is 0.110. The van der Waals surface area contributed by atoms with Crippen molar-refractivity contribution in [3.63, 3.8) is 0 Å². The summed E-state index contributed by atoms with van der Waals surface area (Å²) in [6.07, 6.45) is 6.28. The lowest BCUT2D eigenvalue weighted by atomic mass is 9.98. The first-order valence-electron chi connectivity index (χ1n) is 7.12. The number of methoxy groups -OCH3 is 1. The summed E-state index contributed by atoms with van der Waals surface area (Å²) < 4.78 is 20.3. The molecule has 1 heterocycles. The molecule has 0 saturated heterocycles. The van der Waals surface area contributed by atoms with Gasteiger partial charge in [0.25, 0.3) is 0 Å². The number of imidazole rings is 1. The van der Waals surface area contributed by atoms with Crippen LogP contribution in [0.2, 0.25) is 0 Å². The second kappa shape index (κ2) is 6.43. The summed E-state index contributed by atoms with van der Waals surface area (Å²) in [5.74, 6) is 0.613. The van der Waals surface area contributed by atoms with Crippen molar-refractivity contribution in [2.45, 2.75) is 12.5 Å². The molecule has 0 aliphatic heterocycles. The number of ether oxygens (including phenoxy) is 1. The number of rotatable bonds is 5. The van der Waals surface area contributed by atoms with Crippen molar-refractivity contribution in [1.29, 1.82) is 0 Å². The molecule has 0 saturated carbocycles. The molecule has 0 bridgehead atoms. The minimum Gasteiger partial charge on any atom is -0.497 e. The van der Waals surface area contributed by atoms with E-state index >= 15 is 0 Å². The molecular formula is C18H17FN2O. The Morgan fingerprint density at radius 2 is 1.82 bits per heavy atom. The van der Waals surface area contributed by atoms with Crippen molar-refractivity contribution in [1.82, 2.24) is 9.55 Å². The molecular weight excluding hydrogens is 279 g/mol. The Balaban J connectivity index is 1.91. The summed E-state index contributed by atoms with van der Waals surface area (Å²) >= 11 is 0. The van der Waals surface area contributed by atoms with Crippen LogP contribution in [-0.2, 0) is 6.42 Å². The molecule has 0 unspecified atom stereocenters. The maximum atomic E-state index is 13.1. The van der Waals surface area contributed by atoms with Crippen LogP contribution >= 0.6 is 0 Å². The summed E-state index contributed by atoms with van der Waals surface area (Å²) in [6, 6.07) is 14.7. The minimum atomic E-state index is -0.215. The number of hydrogen-bond acceptors (Lipinski definition) is 2. The fourth-order valence-corrected chi connectivity index (χ4v) is 2.52. The monoisotopic (exact) mass is 296 g/mol. The van der Waals surface area contributed by atoms with E-state index in [4.69, 9.17) is 4.74 Å². The first-order chi connectivity index (χ1) is 10.8. The van der Waals surface area contributed by atoms with Gasteiger partial charge in [-0.1, -0.05) is 24.3 Å². The number of benzene rings is 2. The van der Waals surface area contributed by atoms with Crippen LogP contribution in [0.3, 0.4) is 0 Å². The summed E-state index contributed by atoms with van der Waals surface area (Å²) in [4.78, 5) is 4.14. The third-order valence-corrected chi connectivity index (χ3v) is 3.73. The highest BCUT2D eigenvalue weighted by atomic mass is 19.1. The van der Waals surface area contributed by atoms with Crippen molar-refractivity contribution < 1.29 is 9.13 Å². The van der Waals surface area contributed by atoms with Gasteiger partial charge in [0.1, 0.15) is 11.6 Å². The largest absolute Gasteiger partial charge is 0.497 e. The molecule has 3 nitrogen and oxygen atoms in total. The zero-order chi connectivity index (χ0) is 15.4. The third kappa shape index (κ3) is 3.17. The molecule has 1 atom stereocenters. The SMILES string of the molecule is COc1ccc([C@H](Cc2ccc(F)cc2)n2ccnc2)cc1. The quantitative estimate of drug-likeness (QED) is 0.715. The van der Waals surface area contributed by atoms with Gasteiger partial charge in [-0.2, -0.15) is 0 Å². The fourth-order valence-electron chi connectivity index (χ4n) is 2.52. The summed E-state index contributed by atoms with van der Waals surface area (Å²) in [5.41, 5.74) is 2.24. The second-order valence-corrected chi connectivity index (χ2v) is 5.13. The fraction of sp³-hybridized carbons (Fsp3) is 0.167. The van der Waals surface area contributed by atoms with Gasteiger partial charge in [-0.25, -0.2) is 9.37 Å². The average molecular weight is 296 g/mol.